The normalized spacial score (nSPS) is 17.6. The van der Waals surface area contributed by atoms with Gasteiger partial charge in [0.1, 0.15) is 11.4 Å². The van der Waals surface area contributed by atoms with Crippen LogP contribution in [0.15, 0.2) is 30.7 Å². The zero-order valence-electron chi connectivity index (χ0n) is 16.4. The number of nitrogens with one attached hydrogen (secondary N) is 1. The van der Waals surface area contributed by atoms with Gasteiger partial charge in [0.15, 0.2) is 5.82 Å². The lowest BCUT2D eigenvalue weighted by molar-refractivity contribution is -0.152. The number of anilines is 2. The molecule has 27 heavy (non-hydrogen) atoms. The number of methoxy groups -OCH3 is 1. The van der Waals surface area contributed by atoms with Gasteiger partial charge in [0, 0.05) is 44.7 Å². The molecule has 0 radical (unpaired) electrons. The van der Waals surface area contributed by atoms with Crippen LogP contribution in [0, 0.1) is 6.92 Å². The van der Waals surface area contributed by atoms with Crippen molar-refractivity contribution in [2.24, 2.45) is 0 Å². The fourth-order valence-corrected chi connectivity index (χ4v) is 3.33. The molecule has 0 aromatic carbocycles. The molecule has 1 amide bonds. The van der Waals surface area contributed by atoms with Crippen molar-refractivity contribution in [3.8, 4) is 0 Å². The van der Waals surface area contributed by atoms with Crippen molar-refractivity contribution in [3.63, 3.8) is 0 Å². The van der Waals surface area contributed by atoms with E-state index >= 15 is 0 Å². The van der Waals surface area contributed by atoms with E-state index in [2.05, 4.69) is 20.3 Å². The van der Waals surface area contributed by atoms with E-state index < -0.39 is 5.60 Å². The average molecular weight is 369 g/mol. The minimum atomic E-state index is -0.823. The molecule has 7 heteroatoms. The number of hydrogen-bond acceptors (Lipinski definition) is 6. The molecule has 1 N–H and O–H groups in total. The van der Waals surface area contributed by atoms with Crippen molar-refractivity contribution in [2.75, 3.05) is 25.5 Å². The van der Waals surface area contributed by atoms with Crippen LogP contribution in [0.2, 0.25) is 0 Å². The molecule has 3 heterocycles. The number of ether oxygens (including phenoxy) is 1. The van der Waals surface area contributed by atoms with Crippen LogP contribution in [0.3, 0.4) is 0 Å². The minimum Gasteiger partial charge on any atom is -0.369 e. The number of piperidine rings is 1. The first-order chi connectivity index (χ1) is 12.9. The van der Waals surface area contributed by atoms with Gasteiger partial charge in [-0.05, 0) is 45.2 Å². The summed E-state index contributed by atoms with van der Waals surface area (Å²) >= 11 is 0. The van der Waals surface area contributed by atoms with E-state index in [1.165, 1.54) is 0 Å². The van der Waals surface area contributed by atoms with E-state index in [1.807, 2.05) is 24.0 Å². The fraction of sp³-hybridized carbons (Fsp3) is 0.500. The fourth-order valence-electron chi connectivity index (χ4n) is 3.33. The van der Waals surface area contributed by atoms with Gasteiger partial charge in [-0.25, -0.2) is 9.97 Å². The molecule has 1 atom stereocenters. The Morgan fingerprint density at radius 3 is 2.70 bits per heavy atom. The number of carbonyl (C=O) groups excluding carboxylic acids is 1. The molecule has 3 rings (SSSR count). The number of hydrogen-bond donors (Lipinski definition) is 1. The highest BCUT2D eigenvalue weighted by atomic mass is 16.5. The van der Waals surface area contributed by atoms with Crippen LogP contribution in [0.5, 0.6) is 0 Å². The number of pyridine rings is 1. The molecule has 0 saturated carbocycles. The van der Waals surface area contributed by atoms with Gasteiger partial charge in [0.25, 0.3) is 5.91 Å². The van der Waals surface area contributed by atoms with Gasteiger partial charge < -0.3 is 15.0 Å². The third kappa shape index (κ3) is 4.24. The Kier molecular flexibility index (Phi) is 5.70. The number of nitrogens with zero attached hydrogens (tertiary/aromatic N) is 4. The predicted octanol–water partition coefficient (Wildman–Crippen LogP) is 3.05. The monoisotopic (exact) mass is 369 g/mol. The molecule has 1 aliphatic rings. The molecule has 0 spiro atoms. The smallest absolute Gasteiger partial charge is 0.254 e. The summed E-state index contributed by atoms with van der Waals surface area (Å²) in [6, 6.07) is 3.90. The van der Waals surface area contributed by atoms with Crippen molar-refractivity contribution in [3.05, 3.63) is 42.0 Å². The number of likely N-dealkylation sites (tertiary alicyclic amines) is 1. The van der Waals surface area contributed by atoms with E-state index in [1.54, 1.807) is 39.5 Å². The van der Waals surface area contributed by atoms with Crippen molar-refractivity contribution in [2.45, 2.75) is 45.1 Å². The maximum absolute atomic E-state index is 12.8. The Labute approximate surface area is 160 Å². The van der Waals surface area contributed by atoms with Gasteiger partial charge in [-0.3, -0.25) is 9.78 Å². The predicted molar refractivity (Wildman–Crippen MR) is 104 cm³/mol. The molecular weight excluding hydrogens is 342 g/mol. The largest absolute Gasteiger partial charge is 0.369 e. The highest BCUT2D eigenvalue weighted by Gasteiger charge is 2.35. The van der Waals surface area contributed by atoms with Crippen LogP contribution < -0.4 is 5.32 Å². The average Bonchev–Trinajstić information content (AvgIpc) is 2.69. The highest BCUT2D eigenvalue weighted by Crippen LogP contribution is 2.31. The minimum absolute atomic E-state index is 0.00803. The molecule has 0 bridgehead atoms. The lowest BCUT2D eigenvalue weighted by Gasteiger charge is -2.37. The molecule has 1 aliphatic heterocycles. The van der Waals surface area contributed by atoms with Crippen molar-refractivity contribution in [1.29, 1.82) is 0 Å². The SMILES string of the molecule is COC(C)(C)C(=O)N1CCC[C@@H](c2nccnc2Nc2ncccc2C)C1. The summed E-state index contributed by atoms with van der Waals surface area (Å²) in [5.41, 5.74) is 1.09. The van der Waals surface area contributed by atoms with Crippen molar-refractivity contribution in [1.82, 2.24) is 19.9 Å². The summed E-state index contributed by atoms with van der Waals surface area (Å²) in [5.74, 6) is 1.59. The van der Waals surface area contributed by atoms with Crippen LogP contribution in [-0.2, 0) is 9.53 Å². The van der Waals surface area contributed by atoms with E-state index in [-0.39, 0.29) is 11.8 Å². The first-order valence-corrected chi connectivity index (χ1v) is 9.26. The quantitative estimate of drug-likeness (QED) is 0.872. The third-order valence-corrected chi connectivity index (χ3v) is 5.09. The Hall–Kier alpha value is -2.54. The third-order valence-electron chi connectivity index (χ3n) is 5.09. The second-order valence-electron chi connectivity index (χ2n) is 7.39. The molecule has 2 aromatic rings. The summed E-state index contributed by atoms with van der Waals surface area (Å²) in [5, 5.41) is 3.31. The lowest BCUT2D eigenvalue weighted by atomic mass is 9.93. The van der Waals surface area contributed by atoms with Gasteiger partial charge in [-0.15, -0.1) is 0 Å². The van der Waals surface area contributed by atoms with Gasteiger partial charge in [-0.2, -0.15) is 0 Å². The number of carbonyl (C=O) groups is 1. The second kappa shape index (κ2) is 8.00. The first kappa shape index (κ1) is 19.2. The van der Waals surface area contributed by atoms with Crippen LogP contribution in [-0.4, -0.2) is 51.6 Å². The van der Waals surface area contributed by atoms with E-state index in [0.29, 0.717) is 12.4 Å². The number of amides is 1. The Balaban J connectivity index is 1.82. The first-order valence-electron chi connectivity index (χ1n) is 9.26. The maximum atomic E-state index is 12.8. The summed E-state index contributed by atoms with van der Waals surface area (Å²) in [7, 11) is 1.57. The van der Waals surface area contributed by atoms with E-state index in [0.717, 1.165) is 36.5 Å². The molecule has 144 valence electrons. The molecule has 2 aromatic heterocycles. The zero-order valence-corrected chi connectivity index (χ0v) is 16.4. The summed E-state index contributed by atoms with van der Waals surface area (Å²) in [6.07, 6.45) is 7.01. The summed E-state index contributed by atoms with van der Waals surface area (Å²) < 4.78 is 5.37. The Bertz CT molecular complexity index is 808. The van der Waals surface area contributed by atoms with Crippen LogP contribution in [0.25, 0.3) is 0 Å². The van der Waals surface area contributed by atoms with E-state index in [9.17, 15) is 4.79 Å². The van der Waals surface area contributed by atoms with Gasteiger partial charge >= 0.3 is 0 Å². The van der Waals surface area contributed by atoms with Crippen molar-refractivity contribution < 1.29 is 9.53 Å². The van der Waals surface area contributed by atoms with Gasteiger partial charge in [-0.1, -0.05) is 6.07 Å². The second-order valence-corrected chi connectivity index (χ2v) is 7.39. The van der Waals surface area contributed by atoms with Crippen LogP contribution >= 0.6 is 0 Å². The molecule has 0 unspecified atom stereocenters. The summed E-state index contributed by atoms with van der Waals surface area (Å²) in [6.45, 7) is 6.96. The van der Waals surface area contributed by atoms with Crippen LogP contribution in [0.1, 0.15) is 43.9 Å². The number of aryl methyl sites for hydroxylation is 1. The zero-order chi connectivity index (χ0) is 19.4. The maximum Gasteiger partial charge on any atom is 0.254 e. The van der Waals surface area contributed by atoms with Crippen molar-refractivity contribution >= 4 is 17.5 Å². The molecular formula is C20H27N5O2. The molecule has 7 nitrogen and oxygen atoms in total. The lowest BCUT2D eigenvalue weighted by Crippen LogP contribution is -2.49. The number of aromatic nitrogens is 3. The van der Waals surface area contributed by atoms with Gasteiger partial charge in [0.2, 0.25) is 0 Å². The molecule has 1 saturated heterocycles. The van der Waals surface area contributed by atoms with Crippen LogP contribution in [0.4, 0.5) is 11.6 Å². The Morgan fingerprint density at radius 2 is 1.96 bits per heavy atom. The summed E-state index contributed by atoms with van der Waals surface area (Å²) in [4.78, 5) is 28.1. The van der Waals surface area contributed by atoms with Gasteiger partial charge in [0.05, 0.1) is 5.69 Å². The highest BCUT2D eigenvalue weighted by molar-refractivity contribution is 5.84. The van der Waals surface area contributed by atoms with E-state index in [4.69, 9.17) is 4.74 Å². The molecule has 0 aliphatic carbocycles. The molecule has 1 fully saturated rings. The Morgan fingerprint density at radius 1 is 1.22 bits per heavy atom. The topological polar surface area (TPSA) is 80.2 Å². The number of rotatable bonds is 5. The standard InChI is InChI=1S/C20H27N5O2/c1-14-7-5-9-22-17(14)24-18-16(21-10-11-23-18)15-8-6-12-25(13-15)19(26)20(2,3)27-4/h5,7,9-11,15H,6,8,12-13H2,1-4H3,(H,22,23,24)/t15-/m1/s1.